The molecule has 2 aromatic heterocycles. The highest BCUT2D eigenvalue weighted by molar-refractivity contribution is 5.77. The number of ether oxygens (including phenoxy) is 1. The van der Waals surface area contributed by atoms with Gasteiger partial charge in [-0.1, -0.05) is 40.6 Å². The summed E-state index contributed by atoms with van der Waals surface area (Å²) in [5.41, 5.74) is 1.93. The number of rotatable bonds is 6. The van der Waals surface area contributed by atoms with E-state index >= 15 is 0 Å². The van der Waals surface area contributed by atoms with Crippen LogP contribution in [-0.4, -0.2) is 15.3 Å². The molecule has 120 valence electrons. The summed E-state index contributed by atoms with van der Waals surface area (Å²) in [6.45, 7) is 0.220. The standard InChI is InChI=1S/C18H15N3O3/c1-2-4-13(5-3-1)6-9-17-20-18(24-21-17)12-22-15-8-7-14-11-19-23-16(14)10-15/h1-5,7-8,10-11H,6,9,12H2. The molecule has 0 atom stereocenters. The highest BCUT2D eigenvalue weighted by atomic mass is 16.5. The average Bonchev–Trinajstić information content (AvgIpc) is 3.28. The summed E-state index contributed by atoms with van der Waals surface area (Å²) < 4.78 is 16.0. The number of benzene rings is 2. The lowest BCUT2D eigenvalue weighted by Gasteiger charge is -2.01. The third-order valence-corrected chi connectivity index (χ3v) is 3.68. The maximum Gasteiger partial charge on any atom is 0.264 e. The van der Waals surface area contributed by atoms with Crippen LogP contribution in [0.4, 0.5) is 0 Å². The van der Waals surface area contributed by atoms with Crippen molar-refractivity contribution in [2.24, 2.45) is 0 Å². The van der Waals surface area contributed by atoms with Crippen LogP contribution < -0.4 is 4.74 Å². The largest absolute Gasteiger partial charge is 0.484 e. The quantitative estimate of drug-likeness (QED) is 0.540. The molecular weight excluding hydrogens is 306 g/mol. The van der Waals surface area contributed by atoms with Gasteiger partial charge in [-0.3, -0.25) is 0 Å². The molecule has 6 nitrogen and oxygen atoms in total. The topological polar surface area (TPSA) is 74.2 Å². The van der Waals surface area contributed by atoms with E-state index in [0.717, 1.165) is 18.2 Å². The normalized spacial score (nSPS) is 11.0. The van der Waals surface area contributed by atoms with Crippen molar-refractivity contribution in [2.75, 3.05) is 0 Å². The second kappa shape index (κ2) is 6.54. The Labute approximate surface area is 138 Å². The van der Waals surface area contributed by atoms with Crippen LogP contribution in [0.3, 0.4) is 0 Å². The molecule has 0 fully saturated rings. The van der Waals surface area contributed by atoms with Crippen LogP contribution >= 0.6 is 0 Å². The van der Waals surface area contributed by atoms with E-state index in [0.29, 0.717) is 23.0 Å². The molecule has 2 heterocycles. The van der Waals surface area contributed by atoms with E-state index in [-0.39, 0.29) is 6.61 Å². The summed E-state index contributed by atoms with van der Waals surface area (Å²) in [4.78, 5) is 4.35. The van der Waals surface area contributed by atoms with Gasteiger partial charge in [-0.05, 0) is 24.1 Å². The second-order valence-electron chi connectivity index (χ2n) is 5.40. The van der Waals surface area contributed by atoms with Gasteiger partial charge in [0.1, 0.15) is 5.75 Å². The SMILES string of the molecule is c1ccc(CCc2noc(COc3ccc4cnoc4c3)n2)cc1. The van der Waals surface area contributed by atoms with Gasteiger partial charge in [0.15, 0.2) is 18.0 Å². The molecule has 0 aliphatic heterocycles. The molecule has 0 bridgehead atoms. The summed E-state index contributed by atoms with van der Waals surface area (Å²) in [5, 5.41) is 8.66. The molecule has 0 N–H and O–H groups in total. The van der Waals surface area contributed by atoms with Gasteiger partial charge in [-0.2, -0.15) is 4.98 Å². The van der Waals surface area contributed by atoms with E-state index in [9.17, 15) is 0 Å². The first-order valence-electron chi connectivity index (χ1n) is 7.69. The van der Waals surface area contributed by atoms with Crippen LogP contribution in [0.15, 0.2) is 63.8 Å². The number of hydrogen-bond donors (Lipinski definition) is 0. The van der Waals surface area contributed by atoms with Gasteiger partial charge >= 0.3 is 0 Å². The van der Waals surface area contributed by atoms with Gasteiger partial charge in [0, 0.05) is 17.9 Å². The Morgan fingerprint density at radius 1 is 0.958 bits per heavy atom. The number of nitrogens with zero attached hydrogens (tertiary/aromatic N) is 3. The van der Waals surface area contributed by atoms with Crippen molar-refractivity contribution in [3.63, 3.8) is 0 Å². The zero-order valence-electron chi connectivity index (χ0n) is 12.9. The van der Waals surface area contributed by atoms with Gasteiger partial charge in [-0.25, -0.2) is 0 Å². The first kappa shape index (κ1) is 14.4. The van der Waals surface area contributed by atoms with Crippen molar-refractivity contribution in [3.8, 4) is 5.75 Å². The number of fused-ring (bicyclic) bond motifs is 1. The Morgan fingerprint density at radius 2 is 1.88 bits per heavy atom. The molecule has 24 heavy (non-hydrogen) atoms. The highest BCUT2D eigenvalue weighted by Gasteiger charge is 2.08. The fraction of sp³-hybridized carbons (Fsp3) is 0.167. The predicted molar refractivity (Wildman–Crippen MR) is 86.5 cm³/mol. The summed E-state index contributed by atoms with van der Waals surface area (Å²) >= 11 is 0. The Morgan fingerprint density at radius 3 is 2.79 bits per heavy atom. The first-order valence-corrected chi connectivity index (χ1v) is 7.69. The highest BCUT2D eigenvalue weighted by Crippen LogP contribution is 2.21. The minimum atomic E-state index is 0.220. The Balaban J connectivity index is 1.34. The van der Waals surface area contributed by atoms with Crippen LogP contribution in [0.2, 0.25) is 0 Å². The van der Waals surface area contributed by atoms with E-state index in [1.54, 1.807) is 12.3 Å². The Bertz CT molecular complexity index is 931. The van der Waals surface area contributed by atoms with E-state index in [2.05, 4.69) is 27.4 Å². The van der Waals surface area contributed by atoms with Crippen LogP contribution in [-0.2, 0) is 19.4 Å². The molecule has 2 aromatic carbocycles. The van der Waals surface area contributed by atoms with E-state index in [1.165, 1.54) is 5.56 Å². The fourth-order valence-corrected chi connectivity index (χ4v) is 2.43. The summed E-state index contributed by atoms with van der Waals surface area (Å²) in [6.07, 6.45) is 3.27. The van der Waals surface area contributed by atoms with Crippen molar-refractivity contribution in [1.29, 1.82) is 0 Å². The smallest absolute Gasteiger partial charge is 0.264 e. The zero-order valence-corrected chi connectivity index (χ0v) is 12.9. The zero-order chi connectivity index (χ0) is 16.2. The summed E-state index contributed by atoms with van der Waals surface area (Å²) in [6, 6.07) is 15.8. The lowest BCUT2D eigenvalue weighted by molar-refractivity contribution is 0.242. The minimum Gasteiger partial charge on any atom is -0.484 e. The molecule has 0 spiro atoms. The lowest BCUT2D eigenvalue weighted by atomic mass is 10.1. The van der Waals surface area contributed by atoms with E-state index in [4.69, 9.17) is 13.8 Å². The van der Waals surface area contributed by atoms with Crippen molar-refractivity contribution >= 4 is 11.0 Å². The van der Waals surface area contributed by atoms with Crippen LogP contribution in [0.5, 0.6) is 5.75 Å². The molecule has 0 aliphatic carbocycles. The maximum absolute atomic E-state index is 5.66. The number of aromatic nitrogens is 3. The van der Waals surface area contributed by atoms with Gasteiger partial charge in [0.05, 0.1) is 6.20 Å². The van der Waals surface area contributed by atoms with Crippen molar-refractivity contribution in [3.05, 3.63) is 72.0 Å². The van der Waals surface area contributed by atoms with Crippen molar-refractivity contribution in [2.45, 2.75) is 19.4 Å². The molecule has 0 unspecified atom stereocenters. The average molecular weight is 321 g/mol. The summed E-state index contributed by atoms with van der Waals surface area (Å²) in [5.74, 6) is 1.81. The van der Waals surface area contributed by atoms with Gasteiger partial charge in [0.2, 0.25) is 0 Å². The molecule has 0 saturated carbocycles. The third kappa shape index (κ3) is 3.27. The number of hydrogen-bond acceptors (Lipinski definition) is 6. The van der Waals surface area contributed by atoms with Crippen LogP contribution in [0.25, 0.3) is 11.0 Å². The Hall–Kier alpha value is -3.15. The molecule has 0 radical (unpaired) electrons. The predicted octanol–water partition coefficient (Wildman–Crippen LogP) is 3.58. The fourth-order valence-electron chi connectivity index (χ4n) is 2.43. The second-order valence-corrected chi connectivity index (χ2v) is 5.40. The van der Waals surface area contributed by atoms with E-state index < -0.39 is 0 Å². The van der Waals surface area contributed by atoms with Crippen molar-refractivity contribution in [1.82, 2.24) is 15.3 Å². The molecular formula is C18H15N3O3. The molecule has 0 amide bonds. The minimum absolute atomic E-state index is 0.220. The molecule has 4 aromatic rings. The lowest BCUT2D eigenvalue weighted by Crippen LogP contribution is -1.97. The summed E-state index contributed by atoms with van der Waals surface area (Å²) in [7, 11) is 0. The van der Waals surface area contributed by atoms with Gasteiger partial charge in [-0.15, -0.1) is 0 Å². The third-order valence-electron chi connectivity index (χ3n) is 3.68. The molecule has 0 aliphatic rings. The van der Waals surface area contributed by atoms with Gasteiger partial charge < -0.3 is 13.8 Å². The number of aryl methyl sites for hydroxylation is 2. The molecule has 6 heteroatoms. The van der Waals surface area contributed by atoms with Crippen LogP contribution in [0.1, 0.15) is 17.3 Å². The van der Waals surface area contributed by atoms with Crippen molar-refractivity contribution < 1.29 is 13.8 Å². The maximum atomic E-state index is 5.66. The first-order chi connectivity index (χ1) is 11.9. The van der Waals surface area contributed by atoms with Crippen LogP contribution in [0, 0.1) is 0 Å². The van der Waals surface area contributed by atoms with Gasteiger partial charge in [0.25, 0.3) is 5.89 Å². The monoisotopic (exact) mass is 321 g/mol. The molecule has 0 saturated heterocycles. The Kier molecular flexibility index (Phi) is 3.93. The van der Waals surface area contributed by atoms with E-state index in [1.807, 2.05) is 30.3 Å². The molecule has 4 rings (SSSR count).